The Labute approximate surface area is 81.5 Å². The van der Waals surface area contributed by atoms with Gasteiger partial charge >= 0.3 is 0 Å². The van der Waals surface area contributed by atoms with E-state index in [-0.39, 0.29) is 0 Å². The van der Waals surface area contributed by atoms with Crippen LogP contribution in [0.5, 0.6) is 0 Å². The molecule has 0 fully saturated rings. The van der Waals surface area contributed by atoms with Gasteiger partial charge in [0, 0.05) is 9.75 Å². The molecular formula is C10H12S2. The minimum absolute atomic E-state index is 1.38. The van der Waals surface area contributed by atoms with E-state index in [0.29, 0.717) is 0 Å². The van der Waals surface area contributed by atoms with E-state index in [2.05, 4.69) is 48.9 Å². The largest absolute Gasteiger partial charge is 0.149 e. The zero-order chi connectivity index (χ0) is 8.81. The fraction of sp³-hybridized carbons (Fsp3) is 0.200. The lowest BCUT2D eigenvalue weighted by molar-refractivity contribution is 1.64. The minimum Gasteiger partial charge on any atom is -0.149 e. The van der Waals surface area contributed by atoms with Gasteiger partial charge in [0.15, 0.2) is 0 Å². The summed E-state index contributed by atoms with van der Waals surface area (Å²) >= 11 is 3.56. The van der Waals surface area contributed by atoms with Crippen LogP contribution < -0.4 is 0 Å². The lowest BCUT2D eigenvalue weighted by atomic mass is 10.5. The first-order valence-electron chi connectivity index (χ1n) is 3.79. The Morgan fingerprint density at radius 2 is 1.25 bits per heavy atom. The van der Waals surface area contributed by atoms with E-state index in [1.54, 1.807) is 22.7 Å². The van der Waals surface area contributed by atoms with Crippen LogP contribution in [-0.2, 0) is 0 Å². The van der Waals surface area contributed by atoms with E-state index in [1.165, 1.54) is 9.75 Å². The number of thiophene rings is 2. The number of aryl methyl sites for hydroxylation is 2. The first kappa shape index (κ1) is 9.49. The molecule has 0 unspecified atom stereocenters. The predicted octanol–water partition coefficient (Wildman–Crippen LogP) is 4.11. The number of rotatable bonds is 0. The Hall–Kier alpha value is -0.600. The highest BCUT2D eigenvalue weighted by Gasteiger charge is 1.75. The number of hydrogen-bond donors (Lipinski definition) is 0. The summed E-state index contributed by atoms with van der Waals surface area (Å²) in [5.41, 5.74) is 0. The van der Waals surface area contributed by atoms with E-state index in [0.717, 1.165) is 0 Å². The van der Waals surface area contributed by atoms with Crippen LogP contribution in [0.15, 0.2) is 35.0 Å². The van der Waals surface area contributed by atoms with Gasteiger partial charge in [0.25, 0.3) is 0 Å². The van der Waals surface area contributed by atoms with Gasteiger partial charge in [-0.05, 0) is 36.7 Å². The Morgan fingerprint density at radius 3 is 1.33 bits per heavy atom. The smallest absolute Gasteiger partial charge is 0.00141 e. The van der Waals surface area contributed by atoms with Crippen LogP contribution in [0.1, 0.15) is 9.75 Å². The third-order valence-corrected chi connectivity index (χ3v) is 2.93. The zero-order valence-corrected chi connectivity index (χ0v) is 8.91. The first-order chi connectivity index (χ1) is 5.79. The highest BCUT2D eigenvalue weighted by atomic mass is 32.1. The average molecular weight is 196 g/mol. The molecule has 2 aromatic rings. The second kappa shape index (κ2) is 5.12. The van der Waals surface area contributed by atoms with Gasteiger partial charge in [0.2, 0.25) is 0 Å². The molecule has 0 amide bonds. The van der Waals surface area contributed by atoms with Crippen molar-refractivity contribution in [3.63, 3.8) is 0 Å². The van der Waals surface area contributed by atoms with Crippen molar-refractivity contribution in [2.75, 3.05) is 0 Å². The molecule has 0 atom stereocenters. The summed E-state index contributed by atoms with van der Waals surface area (Å²) in [5.74, 6) is 0. The van der Waals surface area contributed by atoms with Crippen molar-refractivity contribution in [2.45, 2.75) is 13.8 Å². The molecule has 0 aliphatic rings. The van der Waals surface area contributed by atoms with Gasteiger partial charge < -0.3 is 0 Å². The Bertz CT molecular complexity index is 247. The van der Waals surface area contributed by atoms with Crippen molar-refractivity contribution in [1.29, 1.82) is 0 Å². The van der Waals surface area contributed by atoms with Crippen molar-refractivity contribution in [3.05, 3.63) is 44.8 Å². The summed E-state index contributed by atoms with van der Waals surface area (Å²) in [4.78, 5) is 2.77. The molecule has 0 spiro atoms. The van der Waals surface area contributed by atoms with Crippen LogP contribution in [-0.4, -0.2) is 0 Å². The lowest BCUT2D eigenvalue weighted by Crippen LogP contribution is -1.43. The molecule has 0 nitrogen and oxygen atoms in total. The monoisotopic (exact) mass is 196 g/mol. The van der Waals surface area contributed by atoms with Crippen molar-refractivity contribution in [3.8, 4) is 0 Å². The topological polar surface area (TPSA) is 0 Å². The first-order valence-corrected chi connectivity index (χ1v) is 5.55. The molecule has 0 saturated carbocycles. The predicted molar refractivity (Wildman–Crippen MR) is 58.1 cm³/mol. The fourth-order valence-corrected chi connectivity index (χ4v) is 1.78. The van der Waals surface area contributed by atoms with Crippen LogP contribution in [0.2, 0.25) is 0 Å². The van der Waals surface area contributed by atoms with Crippen LogP contribution >= 0.6 is 22.7 Å². The summed E-state index contributed by atoms with van der Waals surface area (Å²) in [7, 11) is 0. The van der Waals surface area contributed by atoms with Crippen molar-refractivity contribution < 1.29 is 0 Å². The molecule has 2 heteroatoms. The molecule has 2 heterocycles. The van der Waals surface area contributed by atoms with Crippen LogP contribution in [0.4, 0.5) is 0 Å². The van der Waals surface area contributed by atoms with Crippen LogP contribution in [0.3, 0.4) is 0 Å². The van der Waals surface area contributed by atoms with Crippen molar-refractivity contribution >= 4 is 22.7 Å². The van der Waals surface area contributed by atoms with Gasteiger partial charge in [-0.25, -0.2) is 0 Å². The van der Waals surface area contributed by atoms with E-state index >= 15 is 0 Å². The molecule has 0 radical (unpaired) electrons. The quantitative estimate of drug-likeness (QED) is 0.595. The normalized spacial score (nSPS) is 8.83. The average Bonchev–Trinajstić information content (AvgIpc) is 2.63. The molecule has 0 aromatic carbocycles. The molecule has 0 aliphatic carbocycles. The Kier molecular flexibility index (Phi) is 4.05. The molecule has 2 aromatic heterocycles. The van der Waals surface area contributed by atoms with Gasteiger partial charge in [-0.2, -0.15) is 0 Å². The maximum absolute atomic E-state index is 2.10. The summed E-state index contributed by atoms with van der Waals surface area (Å²) < 4.78 is 0. The highest BCUT2D eigenvalue weighted by molar-refractivity contribution is 7.10. The molecule has 0 N–H and O–H groups in total. The maximum atomic E-state index is 2.10. The van der Waals surface area contributed by atoms with E-state index in [1.807, 2.05) is 0 Å². The summed E-state index contributed by atoms with van der Waals surface area (Å²) in [5, 5.41) is 4.16. The molecule has 0 bridgehead atoms. The van der Waals surface area contributed by atoms with Crippen LogP contribution in [0, 0.1) is 13.8 Å². The Balaban J connectivity index is 0.000000120. The third-order valence-electron chi connectivity index (χ3n) is 1.33. The van der Waals surface area contributed by atoms with E-state index < -0.39 is 0 Å². The highest BCUT2D eigenvalue weighted by Crippen LogP contribution is 2.04. The van der Waals surface area contributed by atoms with Crippen molar-refractivity contribution in [2.24, 2.45) is 0 Å². The van der Waals surface area contributed by atoms with Gasteiger partial charge in [0.05, 0.1) is 0 Å². The number of hydrogen-bond acceptors (Lipinski definition) is 2. The summed E-state index contributed by atoms with van der Waals surface area (Å²) in [6, 6.07) is 8.31. The Morgan fingerprint density at radius 1 is 0.833 bits per heavy atom. The van der Waals surface area contributed by atoms with Crippen molar-refractivity contribution in [1.82, 2.24) is 0 Å². The van der Waals surface area contributed by atoms with E-state index in [9.17, 15) is 0 Å². The third kappa shape index (κ3) is 3.69. The summed E-state index contributed by atoms with van der Waals surface area (Å²) in [6.45, 7) is 4.20. The molecule has 2 rings (SSSR count). The molecule has 0 aliphatic heterocycles. The summed E-state index contributed by atoms with van der Waals surface area (Å²) in [6.07, 6.45) is 0. The van der Waals surface area contributed by atoms with Gasteiger partial charge in [-0.1, -0.05) is 12.1 Å². The van der Waals surface area contributed by atoms with Gasteiger partial charge in [-0.15, -0.1) is 22.7 Å². The van der Waals surface area contributed by atoms with Crippen LogP contribution in [0.25, 0.3) is 0 Å². The van der Waals surface area contributed by atoms with E-state index in [4.69, 9.17) is 0 Å². The SMILES string of the molecule is Cc1cccs1.Cc1cccs1. The molecular weight excluding hydrogens is 184 g/mol. The minimum atomic E-state index is 1.38. The van der Waals surface area contributed by atoms with Gasteiger partial charge in [-0.3, -0.25) is 0 Å². The molecule has 12 heavy (non-hydrogen) atoms. The fourth-order valence-electron chi connectivity index (χ4n) is 0.721. The lowest BCUT2D eigenvalue weighted by Gasteiger charge is -1.65. The second-order valence-electron chi connectivity index (χ2n) is 2.45. The maximum Gasteiger partial charge on any atom is 0.00141 e. The molecule has 0 saturated heterocycles. The zero-order valence-electron chi connectivity index (χ0n) is 7.28. The molecule has 64 valence electrons. The standard InChI is InChI=1S/2C5H6S/c2*1-5-3-2-4-6-5/h2*2-4H,1H3. The van der Waals surface area contributed by atoms with Gasteiger partial charge in [0.1, 0.15) is 0 Å². The second-order valence-corrected chi connectivity index (χ2v) is 4.75.